The molecule has 0 heterocycles. The van der Waals surface area contributed by atoms with Crippen LogP contribution in [0.2, 0.25) is 0 Å². The minimum atomic E-state index is 1.23. The molecule has 0 saturated carbocycles. The Balaban J connectivity index is 0.868. The van der Waals surface area contributed by atoms with E-state index in [9.17, 15) is 0 Å². The van der Waals surface area contributed by atoms with Crippen LogP contribution in [-0.4, -0.2) is 0 Å². The summed E-state index contributed by atoms with van der Waals surface area (Å²) < 4.78 is 0. The molecule has 12 aromatic rings. The number of rotatable bonds is 4. The van der Waals surface area contributed by atoms with Gasteiger partial charge in [-0.25, -0.2) is 0 Å². The van der Waals surface area contributed by atoms with Crippen LogP contribution in [0.3, 0.4) is 0 Å². The van der Waals surface area contributed by atoms with Gasteiger partial charge in [0.2, 0.25) is 0 Å². The van der Waals surface area contributed by atoms with Gasteiger partial charge >= 0.3 is 0 Å². The molecule has 58 heavy (non-hydrogen) atoms. The first-order valence-electron chi connectivity index (χ1n) is 20.1. The molecule has 0 N–H and O–H groups in total. The Morgan fingerprint density at radius 2 is 0.500 bits per heavy atom. The fourth-order valence-electron chi connectivity index (χ4n) is 9.38. The molecule has 12 aromatic carbocycles. The normalized spacial score (nSPS) is 11.8. The first-order chi connectivity index (χ1) is 28.7. The number of benzene rings is 12. The zero-order chi connectivity index (χ0) is 38.2. The minimum absolute atomic E-state index is 1.23. The molecule has 0 bridgehead atoms. The van der Waals surface area contributed by atoms with Gasteiger partial charge in [0.1, 0.15) is 0 Å². The molecular weight excluding hydrogens is 697 g/mol. The standard InChI is InChI=1S/C58H36/c1-2-8-37(9-3-1)39-16-14-38-15-17-40(34-50(38)33-39)41-22-26-52-45(30-41)18-19-46-31-42(23-27-53(46)52)43-24-28-54-47(32-43)20-21-48-35-49(25-29-55(48)54)58-36-44-10-4-5-11-51(44)56-12-6-7-13-57(56)58/h1-36H. The molecule has 0 unspecified atom stereocenters. The molecule has 0 radical (unpaired) electrons. The number of fused-ring (bicyclic) bond motifs is 10. The van der Waals surface area contributed by atoms with Crippen molar-refractivity contribution >= 4 is 75.4 Å². The summed E-state index contributed by atoms with van der Waals surface area (Å²) in [6.07, 6.45) is 0. The molecule has 0 atom stereocenters. The molecule has 12 rings (SSSR count). The van der Waals surface area contributed by atoms with Gasteiger partial charge in [0, 0.05) is 0 Å². The van der Waals surface area contributed by atoms with Crippen LogP contribution in [0, 0.1) is 0 Å². The van der Waals surface area contributed by atoms with Crippen LogP contribution in [-0.2, 0) is 0 Å². The van der Waals surface area contributed by atoms with Gasteiger partial charge in [0.15, 0.2) is 0 Å². The summed E-state index contributed by atoms with van der Waals surface area (Å²) in [5, 5.41) is 17.8. The Bertz CT molecular complexity index is 3610. The Hall–Kier alpha value is -7.54. The van der Waals surface area contributed by atoms with E-state index in [4.69, 9.17) is 0 Å². The number of hydrogen-bond donors (Lipinski definition) is 0. The maximum absolute atomic E-state index is 2.36. The van der Waals surface area contributed by atoms with E-state index in [2.05, 4.69) is 218 Å². The van der Waals surface area contributed by atoms with E-state index in [0.29, 0.717) is 0 Å². The van der Waals surface area contributed by atoms with Crippen LogP contribution < -0.4 is 0 Å². The monoisotopic (exact) mass is 732 g/mol. The lowest BCUT2D eigenvalue weighted by molar-refractivity contribution is 1.64. The summed E-state index contributed by atoms with van der Waals surface area (Å²) in [6, 6.07) is 80.9. The summed E-state index contributed by atoms with van der Waals surface area (Å²) in [6.45, 7) is 0. The molecule has 0 aromatic heterocycles. The van der Waals surface area contributed by atoms with Gasteiger partial charge in [-0.15, -0.1) is 0 Å². The SMILES string of the molecule is c1ccc(-c2ccc3ccc(-c4ccc5c(ccc6cc(-c7ccc8c(ccc9cc(-c%10cc%11ccccc%11c%11ccccc%10%11)ccc98)c7)ccc65)c4)cc3c2)cc1. The molecule has 0 aliphatic heterocycles. The second-order valence-electron chi connectivity index (χ2n) is 15.7. The van der Waals surface area contributed by atoms with Gasteiger partial charge < -0.3 is 0 Å². The van der Waals surface area contributed by atoms with Crippen molar-refractivity contribution in [2.24, 2.45) is 0 Å². The molecule has 0 aliphatic carbocycles. The van der Waals surface area contributed by atoms with Gasteiger partial charge in [-0.2, -0.15) is 0 Å². The van der Waals surface area contributed by atoms with E-state index in [0.717, 1.165) is 0 Å². The highest BCUT2D eigenvalue weighted by atomic mass is 14.2. The average molecular weight is 733 g/mol. The van der Waals surface area contributed by atoms with E-state index < -0.39 is 0 Å². The van der Waals surface area contributed by atoms with Crippen molar-refractivity contribution in [3.63, 3.8) is 0 Å². The zero-order valence-electron chi connectivity index (χ0n) is 31.8. The first-order valence-corrected chi connectivity index (χ1v) is 20.1. The van der Waals surface area contributed by atoms with Crippen LogP contribution >= 0.6 is 0 Å². The Morgan fingerprint density at radius 3 is 1.05 bits per heavy atom. The summed E-state index contributed by atoms with van der Waals surface area (Å²) in [7, 11) is 0. The predicted octanol–water partition coefficient (Wildman–Crippen LogP) is 16.4. The van der Waals surface area contributed by atoms with E-state index in [1.807, 2.05) is 0 Å². The lowest BCUT2D eigenvalue weighted by atomic mass is 9.91. The zero-order valence-corrected chi connectivity index (χ0v) is 31.8. The summed E-state index contributed by atoms with van der Waals surface area (Å²) in [4.78, 5) is 0. The van der Waals surface area contributed by atoms with Crippen molar-refractivity contribution in [2.45, 2.75) is 0 Å². The van der Waals surface area contributed by atoms with Gasteiger partial charge in [-0.05, 0) is 162 Å². The molecule has 0 fully saturated rings. The van der Waals surface area contributed by atoms with Crippen LogP contribution in [0.25, 0.3) is 120 Å². The van der Waals surface area contributed by atoms with Crippen LogP contribution in [0.1, 0.15) is 0 Å². The van der Waals surface area contributed by atoms with Gasteiger partial charge in [-0.1, -0.05) is 176 Å². The van der Waals surface area contributed by atoms with Crippen molar-refractivity contribution in [1.82, 2.24) is 0 Å². The fraction of sp³-hybridized carbons (Fsp3) is 0. The molecule has 0 heteroatoms. The Labute approximate surface area is 336 Å². The average Bonchev–Trinajstić information content (AvgIpc) is 3.30. The second-order valence-corrected chi connectivity index (χ2v) is 15.7. The third-order valence-corrected chi connectivity index (χ3v) is 12.4. The third-order valence-electron chi connectivity index (χ3n) is 12.4. The molecule has 0 amide bonds. The maximum atomic E-state index is 2.36. The lowest BCUT2D eigenvalue weighted by Gasteiger charge is -2.13. The second kappa shape index (κ2) is 13.0. The summed E-state index contributed by atoms with van der Waals surface area (Å²) >= 11 is 0. The topological polar surface area (TPSA) is 0 Å². The van der Waals surface area contributed by atoms with Crippen molar-refractivity contribution < 1.29 is 0 Å². The largest absolute Gasteiger partial charge is 0.0622 e. The van der Waals surface area contributed by atoms with Gasteiger partial charge in [0.25, 0.3) is 0 Å². The highest BCUT2D eigenvalue weighted by Crippen LogP contribution is 2.39. The van der Waals surface area contributed by atoms with E-state index in [-0.39, 0.29) is 0 Å². The molecule has 268 valence electrons. The molecule has 0 aliphatic rings. The van der Waals surface area contributed by atoms with Gasteiger partial charge in [0.05, 0.1) is 0 Å². The number of hydrogen-bond acceptors (Lipinski definition) is 0. The molecule has 0 nitrogen and oxygen atoms in total. The lowest BCUT2D eigenvalue weighted by Crippen LogP contribution is -1.86. The smallest absolute Gasteiger partial charge is 0.00988 e. The van der Waals surface area contributed by atoms with Crippen molar-refractivity contribution in [3.05, 3.63) is 218 Å². The minimum Gasteiger partial charge on any atom is -0.0622 e. The fourth-order valence-corrected chi connectivity index (χ4v) is 9.38. The predicted molar refractivity (Wildman–Crippen MR) is 251 cm³/mol. The molecular formula is C58H36. The maximum Gasteiger partial charge on any atom is -0.00988 e. The highest BCUT2D eigenvalue weighted by Gasteiger charge is 2.12. The quantitative estimate of drug-likeness (QED) is 0.158. The van der Waals surface area contributed by atoms with Gasteiger partial charge in [-0.3, -0.25) is 0 Å². The van der Waals surface area contributed by atoms with Crippen LogP contribution in [0.5, 0.6) is 0 Å². The van der Waals surface area contributed by atoms with E-state index in [1.54, 1.807) is 0 Å². The van der Waals surface area contributed by atoms with E-state index in [1.165, 1.54) is 120 Å². The highest BCUT2D eigenvalue weighted by molar-refractivity contribution is 6.16. The molecule has 0 saturated heterocycles. The Kier molecular flexibility index (Phi) is 7.33. The third kappa shape index (κ3) is 5.38. The summed E-state index contributed by atoms with van der Waals surface area (Å²) in [5.41, 5.74) is 9.94. The van der Waals surface area contributed by atoms with E-state index >= 15 is 0 Å². The Morgan fingerprint density at radius 1 is 0.155 bits per heavy atom. The van der Waals surface area contributed by atoms with Crippen molar-refractivity contribution in [2.75, 3.05) is 0 Å². The van der Waals surface area contributed by atoms with Crippen LogP contribution in [0.4, 0.5) is 0 Å². The van der Waals surface area contributed by atoms with Crippen LogP contribution in [0.15, 0.2) is 218 Å². The summed E-state index contributed by atoms with van der Waals surface area (Å²) in [5.74, 6) is 0. The molecule has 0 spiro atoms. The van der Waals surface area contributed by atoms with Crippen molar-refractivity contribution in [3.8, 4) is 44.5 Å². The van der Waals surface area contributed by atoms with Crippen molar-refractivity contribution in [1.29, 1.82) is 0 Å². The first kappa shape index (κ1) is 32.7.